The molecule has 0 saturated heterocycles. The van der Waals surface area contributed by atoms with Crippen molar-refractivity contribution < 1.29 is 4.52 Å². The van der Waals surface area contributed by atoms with Crippen LogP contribution in [0.25, 0.3) is 0 Å². The summed E-state index contributed by atoms with van der Waals surface area (Å²) in [6.07, 6.45) is 0.867. The Hall–Kier alpha value is -1.96. The topological polar surface area (TPSA) is 88.2 Å². The molecule has 0 bridgehead atoms. The second kappa shape index (κ2) is 6.99. The third kappa shape index (κ3) is 4.30. The molecule has 0 aliphatic carbocycles. The predicted molar refractivity (Wildman–Crippen MR) is 77.8 cm³/mol. The SMILES string of the molecule is CN=C(NCCc1csc(C)n1)NCc1noc(C)n1. The van der Waals surface area contributed by atoms with Gasteiger partial charge in [0, 0.05) is 32.3 Å². The zero-order valence-corrected chi connectivity index (χ0v) is 12.6. The number of hydrogen-bond donors (Lipinski definition) is 2. The maximum absolute atomic E-state index is 4.90. The van der Waals surface area contributed by atoms with E-state index in [0.29, 0.717) is 24.2 Å². The molecule has 0 spiro atoms. The van der Waals surface area contributed by atoms with Crippen LogP contribution in [0, 0.1) is 13.8 Å². The minimum atomic E-state index is 0.479. The molecule has 0 saturated carbocycles. The number of thiazole rings is 1. The summed E-state index contributed by atoms with van der Waals surface area (Å²) in [5.74, 6) is 1.88. The fraction of sp³-hybridized carbons (Fsp3) is 0.500. The molecule has 20 heavy (non-hydrogen) atoms. The van der Waals surface area contributed by atoms with Crippen LogP contribution in [0.15, 0.2) is 14.9 Å². The van der Waals surface area contributed by atoms with Crippen molar-refractivity contribution in [1.29, 1.82) is 0 Å². The molecule has 0 amide bonds. The second-order valence-corrected chi connectivity index (χ2v) is 5.25. The quantitative estimate of drug-likeness (QED) is 0.633. The van der Waals surface area contributed by atoms with Crippen molar-refractivity contribution in [1.82, 2.24) is 25.8 Å². The molecule has 0 aliphatic rings. The minimum absolute atomic E-state index is 0.479. The molecule has 0 aliphatic heterocycles. The number of rotatable bonds is 5. The Labute approximate surface area is 121 Å². The van der Waals surface area contributed by atoms with Gasteiger partial charge in [0.15, 0.2) is 11.8 Å². The first kappa shape index (κ1) is 14.4. The van der Waals surface area contributed by atoms with Gasteiger partial charge in [0.25, 0.3) is 0 Å². The van der Waals surface area contributed by atoms with Crippen molar-refractivity contribution in [3.05, 3.63) is 27.8 Å². The highest BCUT2D eigenvalue weighted by Gasteiger charge is 2.04. The van der Waals surface area contributed by atoms with E-state index in [2.05, 4.69) is 36.1 Å². The van der Waals surface area contributed by atoms with Gasteiger partial charge in [-0.3, -0.25) is 4.99 Å². The lowest BCUT2D eigenvalue weighted by Crippen LogP contribution is -2.38. The monoisotopic (exact) mass is 294 g/mol. The van der Waals surface area contributed by atoms with E-state index < -0.39 is 0 Å². The van der Waals surface area contributed by atoms with Gasteiger partial charge in [0.2, 0.25) is 5.89 Å². The summed E-state index contributed by atoms with van der Waals surface area (Å²) in [5.41, 5.74) is 1.10. The van der Waals surface area contributed by atoms with E-state index in [-0.39, 0.29) is 0 Å². The van der Waals surface area contributed by atoms with Gasteiger partial charge < -0.3 is 15.2 Å². The summed E-state index contributed by atoms with van der Waals surface area (Å²) in [7, 11) is 1.73. The Morgan fingerprint density at radius 3 is 2.80 bits per heavy atom. The lowest BCUT2D eigenvalue weighted by Gasteiger charge is -2.09. The van der Waals surface area contributed by atoms with E-state index in [9.17, 15) is 0 Å². The van der Waals surface area contributed by atoms with Gasteiger partial charge >= 0.3 is 0 Å². The van der Waals surface area contributed by atoms with Crippen LogP contribution in [0.3, 0.4) is 0 Å². The number of aromatic nitrogens is 3. The Morgan fingerprint density at radius 1 is 1.35 bits per heavy atom. The number of hydrogen-bond acceptors (Lipinski definition) is 6. The highest BCUT2D eigenvalue weighted by molar-refractivity contribution is 7.09. The van der Waals surface area contributed by atoms with Crippen molar-refractivity contribution in [3.8, 4) is 0 Å². The normalized spacial score (nSPS) is 11.7. The molecule has 2 aromatic rings. The molecule has 2 N–H and O–H groups in total. The van der Waals surface area contributed by atoms with Gasteiger partial charge in [0.1, 0.15) is 0 Å². The van der Waals surface area contributed by atoms with Crippen LogP contribution in [0.5, 0.6) is 0 Å². The summed E-state index contributed by atoms with van der Waals surface area (Å²) in [6.45, 7) is 5.02. The van der Waals surface area contributed by atoms with Crippen LogP contribution in [-0.2, 0) is 13.0 Å². The number of nitrogens with zero attached hydrogens (tertiary/aromatic N) is 4. The summed E-state index contributed by atoms with van der Waals surface area (Å²) < 4.78 is 4.90. The van der Waals surface area contributed by atoms with Crippen molar-refractivity contribution in [2.75, 3.05) is 13.6 Å². The zero-order valence-electron chi connectivity index (χ0n) is 11.8. The lowest BCUT2D eigenvalue weighted by atomic mass is 10.3. The van der Waals surface area contributed by atoms with Crippen LogP contribution in [0.2, 0.25) is 0 Å². The van der Waals surface area contributed by atoms with Crippen LogP contribution >= 0.6 is 11.3 Å². The number of guanidine groups is 1. The van der Waals surface area contributed by atoms with E-state index in [0.717, 1.165) is 23.7 Å². The van der Waals surface area contributed by atoms with E-state index in [1.807, 2.05) is 6.92 Å². The standard InChI is InChI=1S/C12H18N6OS/c1-8-16-11(18-19-8)6-15-12(13-3)14-5-4-10-7-20-9(2)17-10/h7H,4-6H2,1-3H3,(H2,13,14,15). The summed E-state index contributed by atoms with van der Waals surface area (Å²) in [4.78, 5) is 12.7. The summed E-state index contributed by atoms with van der Waals surface area (Å²) in [6, 6.07) is 0. The van der Waals surface area contributed by atoms with Gasteiger partial charge in [-0.1, -0.05) is 5.16 Å². The third-order valence-electron chi connectivity index (χ3n) is 2.55. The largest absolute Gasteiger partial charge is 0.356 e. The maximum Gasteiger partial charge on any atom is 0.223 e. The van der Waals surface area contributed by atoms with Crippen molar-refractivity contribution >= 4 is 17.3 Å². The van der Waals surface area contributed by atoms with E-state index >= 15 is 0 Å². The molecule has 8 heteroatoms. The predicted octanol–water partition coefficient (Wildman–Crippen LogP) is 1.05. The molecule has 0 aromatic carbocycles. The smallest absolute Gasteiger partial charge is 0.223 e. The Bertz CT molecular complexity index is 576. The summed E-state index contributed by atoms with van der Waals surface area (Å²) >= 11 is 1.67. The van der Waals surface area contributed by atoms with Gasteiger partial charge in [0.05, 0.1) is 17.2 Å². The Balaban J connectivity index is 1.72. The molecule has 2 rings (SSSR count). The van der Waals surface area contributed by atoms with Crippen molar-refractivity contribution in [2.24, 2.45) is 4.99 Å². The number of nitrogens with one attached hydrogen (secondary N) is 2. The zero-order chi connectivity index (χ0) is 14.4. The molecule has 0 fully saturated rings. The van der Waals surface area contributed by atoms with Crippen LogP contribution < -0.4 is 10.6 Å². The second-order valence-electron chi connectivity index (χ2n) is 4.19. The molecule has 2 heterocycles. The third-order valence-corrected chi connectivity index (χ3v) is 3.37. The van der Waals surface area contributed by atoms with Gasteiger partial charge in [-0.2, -0.15) is 4.98 Å². The highest BCUT2D eigenvalue weighted by Crippen LogP contribution is 2.07. The maximum atomic E-state index is 4.90. The van der Waals surface area contributed by atoms with E-state index in [4.69, 9.17) is 4.52 Å². The molecule has 0 radical (unpaired) electrons. The van der Waals surface area contributed by atoms with Gasteiger partial charge in [-0.15, -0.1) is 11.3 Å². The fourth-order valence-electron chi connectivity index (χ4n) is 1.63. The molecule has 7 nitrogen and oxygen atoms in total. The van der Waals surface area contributed by atoms with E-state index in [1.165, 1.54) is 0 Å². The fourth-order valence-corrected chi connectivity index (χ4v) is 2.28. The van der Waals surface area contributed by atoms with Gasteiger partial charge in [-0.05, 0) is 6.92 Å². The molecular weight excluding hydrogens is 276 g/mol. The lowest BCUT2D eigenvalue weighted by molar-refractivity contribution is 0.387. The van der Waals surface area contributed by atoms with Crippen LogP contribution in [0.1, 0.15) is 22.4 Å². The first-order chi connectivity index (χ1) is 9.67. The van der Waals surface area contributed by atoms with Crippen LogP contribution in [0.4, 0.5) is 0 Å². The molecule has 0 atom stereocenters. The molecule has 0 unspecified atom stereocenters. The average molecular weight is 294 g/mol. The molecular formula is C12H18N6OS. The van der Waals surface area contributed by atoms with Crippen molar-refractivity contribution in [2.45, 2.75) is 26.8 Å². The average Bonchev–Trinajstić information content (AvgIpc) is 3.02. The first-order valence-corrected chi connectivity index (χ1v) is 7.20. The molecule has 2 aromatic heterocycles. The Morgan fingerprint density at radius 2 is 2.20 bits per heavy atom. The highest BCUT2D eigenvalue weighted by atomic mass is 32.1. The molecule has 108 valence electrons. The van der Waals surface area contributed by atoms with Gasteiger partial charge in [-0.25, -0.2) is 4.98 Å². The Kier molecular flexibility index (Phi) is 5.05. The number of aliphatic imine (C=N–C) groups is 1. The van der Waals surface area contributed by atoms with Crippen LogP contribution in [-0.4, -0.2) is 34.7 Å². The minimum Gasteiger partial charge on any atom is -0.356 e. The summed E-state index contributed by atoms with van der Waals surface area (Å²) in [5, 5.41) is 13.3. The van der Waals surface area contributed by atoms with Crippen molar-refractivity contribution in [3.63, 3.8) is 0 Å². The first-order valence-electron chi connectivity index (χ1n) is 6.32. The number of aryl methyl sites for hydroxylation is 2. The van der Waals surface area contributed by atoms with E-state index in [1.54, 1.807) is 25.3 Å².